The molecule has 2 amide bonds. The Morgan fingerprint density at radius 2 is 1.95 bits per heavy atom. The van der Waals surface area contributed by atoms with Gasteiger partial charge >= 0.3 is 12.2 Å². The topological polar surface area (TPSA) is 46.3 Å². The summed E-state index contributed by atoms with van der Waals surface area (Å²) in [5, 5.41) is 0.277. The van der Waals surface area contributed by atoms with Crippen molar-refractivity contribution in [3.05, 3.63) is 40.4 Å². The summed E-state index contributed by atoms with van der Waals surface area (Å²) >= 11 is 5.94. The molecule has 0 radical (unpaired) electrons. The van der Waals surface area contributed by atoms with E-state index < -0.39 is 17.8 Å². The number of likely N-dealkylation sites (tertiary alicyclic amines) is 1. The van der Waals surface area contributed by atoms with E-state index in [9.17, 15) is 18.0 Å². The van der Waals surface area contributed by atoms with E-state index in [1.54, 1.807) is 11.0 Å². The Hall–Kier alpha value is -1.69. The van der Waals surface area contributed by atoms with E-state index in [1.165, 1.54) is 6.07 Å². The third-order valence-corrected chi connectivity index (χ3v) is 4.07. The molecular weight excluding hydrogens is 317 g/mol. The maximum atomic E-state index is 12.7. The smallest absolute Gasteiger partial charge is 0.351 e. The Kier molecular flexibility index (Phi) is 5.01. The number of nitrogens with two attached hydrogens (primary N) is 1. The van der Waals surface area contributed by atoms with Gasteiger partial charge in [0.25, 0.3) is 0 Å². The van der Waals surface area contributed by atoms with E-state index in [0.717, 1.165) is 25.0 Å². The van der Waals surface area contributed by atoms with Crippen molar-refractivity contribution in [2.45, 2.75) is 19.0 Å². The van der Waals surface area contributed by atoms with E-state index in [0.29, 0.717) is 18.7 Å². The number of halogens is 4. The predicted octanol–water partition coefficient (Wildman–Crippen LogP) is 4.16. The average molecular weight is 333 g/mol. The van der Waals surface area contributed by atoms with Gasteiger partial charge in [0.2, 0.25) is 0 Å². The van der Waals surface area contributed by atoms with Crippen LogP contribution in [0.2, 0.25) is 5.02 Å². The van der Waals surface area contributed by atoms with Gasteiger partial charge in [0.05, 0.1) is 5.56 Å². The first kappa shape index (κ1) is 16.7. The second-order valence-corrected chi connectivity index (χ2v) is 5.66. The fraction of sp³-hybridized carbons (Fsp3) is 0.400. The second kappa shape index (κ2) is 6.60. The maximum absolute atomic E-state index is 12.7. The summed E-state index contributed by atoms with van der Waals surface area (Å²) in [5.74, 6) is 0.196. The van der Waals surface area contributed by atoms with Gasteiger partial charge in [-0.3, -0.25) is 0 Å². The standard InChI is InChI=1S/C15H16ClF3N2O/c16-13-4-3-12(15(17,18)19)9-11(13)2-1-10-5-7-21(8-6-10)14(20)22/h1-4,9-10H,5-8H2,(H2,20,22). The molecule has 1 aromatic carbocycles. The number of amides is 2. The minimum absolute atomic E-state index is 0.196. The van der Waals surface area contributed by atoms with Gasteiger partial charge < -0.3 is 10.6 Å². The zero-order chi connectivity index (χ0) is 16.3. The van der Waals surface area contributed by atoms with Gasteiger partial charge in [-0.05, 0) is 42.5 Å². The normalized spacial score (nSPS) is 17.2. The van der Waals surface area contributed by atoms with Crippen molar-refractivity contribution in [2.75, 3.05) is 13.1 Å². The minimum atomic E-state index is -4.39. The highest BCUT2D eigenvalue weighted by atomic mass is 35.5. The average Bonchev–Trinajstić information content (AvgIpc) is 2.45. The van der Waals surface area contributed by atoms with Crippen LogP contribution in [0.4, 0.5) is 18.0 Å². The number of rotatable bonds is 2. The Balaban J connectivity index is 2.06. The van der Waals surface area contributed by atoms with Crippen LogP contribution in [0.15, 0.2) is 24.3 Å². The molecule has 1 aliphatic rings. The first-order valence-corrected chi connectivity index (χ1v) is 7.24. The molecule has 1 saturated heterocycles. The van der Waals surface area contributed by atoms with Crippen molar-refractivity contribution in [3.63, 3.8) is 0 Å². The summed E-state index contributed by atoms with van der Waals surface area (Å²) in [5.41, 5.74) is 4.82. The number of nitrogens with zero attached hydrogens (tertiary/aromatic N) is 1. The lowest BCUT2D eigenvalue weighted by Gasteiger charge is -2.29. The molecule has 1 fully saturated rings. The molecule has 2 N–H and O–H groups in total. The van der Waals surface area contributed by atoms with E-state index >= 15 is 0 Å². The third kappa shape index (κ3) is 4.16. The van der Waals surface area contributed by atoms with Crippen LogP contribution in [0.3, 0.4) is 0 Å². The van der Waals surface area contributed by atoms with Crippen LogP contribution < -0.4 is 5.73 Å². The molecule has 0 spiro atoms. The van der Waals surface area contributed by atoms with Crippen molar-refractivity contribution in [1.29, 1.82) is 0 Å². The Labute approximate surface area is 131 Å². The molecule has 1 aliphatic heterocycles. The van der Waals surface area contributed by atoms with Crippen LogP contribution in [0.5, 0.6) is 0 Å². The molecule has 0 bridgehead atoms. The van der Waals surface area contributed by atoms with Crippen LogP contribution in [-0.2, 0) is 6.18 Å². The van der Waals surface area contributed by atoms with E-state index in [1.807, 2.05) is 6.08 Å². The van der Waals surface area contributed by atoms with Crippen molar-refractivity contribution >= 4 is 23.7 Å². The molecule has 0 unspecified atom stereocenters. The van der Waals surface area contributed by atoms with Gasteiger partial charge in [-0.25, -0.2) is 4.79 Å². The number of carbonyl (C=O) groups excluding carboxylic acids is 1. The van der Waals surface area contributed by atoms with Gasteiger partial charge in [-0.1, -0.05) is 23.8 Å². The summed E-state index contributed by atoms with van der Waals surface area (Å²) in [4.78, 5) is 12.6. The highest BCUT2D eigenvalue weighted by Crippen LogP contribution is 2.32. The lowest BCUT2D eigenvalue weighted by molar-refractivity contribution is -0.137. The summed E-state index contributed by atoms with van der Waals surface area (Å²) < 4.78 is 38.1. The van der Waals surface area contributed by atoms with Crippen molar-refractivity contribution in [2.24, 2.45) is 11.7 Å². The van der Waals surface area contributed by atoms with Gasteiger partial charge in [-0.15, -0.1) is 0 Å². The highest BCUT2D eigenvalue weighted by Gasteiger charge is 2.30. The fourth-order valence-electron chi connectivity index (χ4n) is 2.40. The van der Waals surface area contributed by atoms with Gasteiger partial charge in [-0.2, -0.15) is 13.2 Å². The monoisotopic (exact) mass is 332 g/mol. The van der Waals surface area contributed by atoms with E-state index in [4.69, 9.17) is 17.3 Å². The molecular formula is C15H16ClF3N2O. The van der Waals surface area contributed by atoms with Crippen molar-refractivity contribution in [1.82, 2.24) is 4.90 Å². The predicted molar refractivity (Wildman–Crippen MR) is 79.4 cm³/mol. The molecule has 7 heteroatoms. The SMILES string of the molecule is NC(=O)N1CCC(C=Cc2cc(C(F)(F)F)ccc2Cl)CC1. The number of benzene rings is 1. The molecule has 22 heavy (non-hydrogen) atoms. The molecule has 120 valence electrons. The second-order valence-electron chi connectivity index (χ2n) is 5.26. The zero-order valence-electron chi connectivity index (χ0n) is 11.7. The van der Waals surface area contributed by atoms with Gasteiger partial charge in [0.15, 0.2) is 0 Å². The van der Waals surface area contributed by atoms with Crippen LogP contribution in [0, 0.1) is 5.92 Å². The third-order valence-electron chi connectivity index (χ3n) is 3.72. The van der Waals surface area contributed by atoms with Crippen molar-refractivity contribution < 1.29 is 18.0 Å². The zero-order valence-corrected chi connectivity index (χ0v) is 12.5. The number of hydrogen-bond acceptors (Lipinski definition) is 1. The van der Waals surface area contributed by atoms with Crippen LogP contribution >= 0.6 is 11.6 Å². The molecule has 0 atom stereocenters. The minimum Gasteiger partial charge on any atom is -0.351 e. The molecule has 1 aromatic rings. The van der Waals surface area contributed by atoms with Gasteiger partial charge in [0, 0.05) is 18.1 Å². The number of primary amides is 1. The molecule has 0 aliphatic carbocycles. The maximum Gasteiger partial charge on any atom is 0.416 e. The summed E-state index contributed by atoms with van der Waals surface area (Å²) in [7, 11) is 0. The number of alkyl halides is 3. The summed E-state index contributed by atoms with van der Waals surface area (Å²) in [6.07, 6.45) is 0.536. The van der Waals surface area contributed by atoms with E-state index in [-0.39, 0.29) is 10.9 Å². The molecule has 2 rings (SSSR count). The number of allylic oxidation sites excluding steroid dienone is 1. The van der Waals surface area contributed by atoms with Crippen LogP contribution in [0.1, 0.15) is 24.0 Å². The number of carbonyl (C=O) groups is 1. The van der Waals surface area contributed by atoms with Crippen LogP contribution in [0.25, 0.3) is 6.08 Å². The van der Waals surface area contributed by atoms with Crippen molar-refractivity contribution in [3.8, 4) is 0 Å². The number of hydrogen-bond donors (Lipinski definition) is 1. The molecule has 0 saturated carbocycles. The summed E-state index contributed by atoms with van der Waals surface area (Å²) in [6, 6.07) is 2.81. The largest absolute Gasteiger partial charge is 0.416 e. The Morgan fingerprint density at radius 1 is 1.32 bits per heavy atom. The number of urea groups is 1. The quantitative estimate of drug-likeness (QED) is 0.868. The number of piperidine rings is 1. The Morgan fingerprint density at radius 3 is 2.50 bits per heavy atom. The summed E-state index contributed by atoms with van der Waals surface area (Å²) in [6.45, 7) is 1.11. The first-order chi connectivity index (χ1) is 10.3. The van der Waals surface area contributed by atoms with Crippen LogP contribution in [-0.4, -0.2) is 24.0 Å². The van der Waals surface area contributed by atoms with E-state index in [2.05, 4.69) is 0 Å². The lowest BCUT2D eigenvalue weighted by atomic mass is 9.95. The van der Waals surface area contributed by atoms with Gasteiger partial charge in [0.1, 0.15) is 0 Å². The highest BCUT2D eigenvalue weighted by molar-refractivity contribution is 6.32. The molecule has 3 nitrogen and oxygen atoms in total. The molecule has 1 heterocycles. The Bertz CT molecular complexity index is 579. The first-order valence-electron chi connectivity index (χ1n) is 6.86. The fourth-order valence-corrected chi connectivity index (χ4v) is 2.58. The molecule has 0 aromatic heterocycles. The lowest BCUT2D eigenvalue weighted by Crippen LogP contribution is -2.41.